The van der Waals surface area contributed by atoms with Crippen LogP contribution < -0.4 is 0 Å². The molecule has 6 aliphatic carbocycles. The molecule has 0 aliphatic heterocycles. The highest BCUT2D eigenvalue weighted by molar-refractivity contribution is 6.27. The van der Waals surface area contributed by atoms with Gasteiger partial charge in [0.25, 0.3) is 0 Å². The molecule has 19 rings (SSSR count). The molecule has 11 aromatic carbocycles. The van der Waals surface area contributed by atoms with Crippen molar-refractivity contribution >= 4 is 43.8 Å². The first-order valence-corrected chi connectivity index (χ1v) is 27.0. The highest BCUT2D eigenvalue weighted by atomic mass is 14.9. The van der Waals surface area contributed by atoms with Crippen molar-refractivity contribution in [2.45, 2.75) is 34.5 Å². The Bertz CT molecular complexity index is 4550. The van der Waals surface area contributed by atoms with E-state index in [0.717, 1.165) is 40.5 Å². The summed E-state index contributed by atoms with van der Waals surface area (Å²) in [5.41, 5.74) is 27.1. The normalized spacial score (nSPS) is 16.6. The fourth-order valence-electron chi connectivity index (χ4n) is 18.0. The van der Waals surface area contributed by atoms with Gasteiger partial charge in [-0.15, -0.1) is 0 Å². The number of aromatic nitrogens is 1. The number of nitrogens with zero attached hydrogens (tertiary/aromatic N) is 3. The van der Waals surface area contributed by atoms with Gasteiger partial charge in [0.15, 0.2) is 5.69 Å². The fourth-order valence-corrected chi connectivity index (χ4v) is 18.0. The van der Waals surface area contributed by atoms with Gasteiger partial charge in [0.1, 0.15) is 0 Å². The van der Waals surface area contributed by atoms with Crippen molar-refractivity contribution in [3.63, 3.8) is 0 Å². The molecule has 4 spiro atoms. The first-order valence-electron chi connectivity index (χ1n) is 27.0. The maximum Gasteiger partial charge on any atom is 0.194 e. The van der Waals surface area contributed by atoms with Crippen LogP contribution in [0.3, 0.4) is 0 Å². The molecule has 352 valence electrons. The smallest absolute Gasteiger partial charge is 0.194 e. The maximum atomic E-state index is 12.1. The van der Waals surface area contributed by atoms with Crippen molar-refractivity contribution < 1.29 is 0 Å². The first-order chi connectivity index (χ1) is 38.1. The SMILES string of the molecule is [C-]#[N+]c1cc2c(c3c1C1(CC34c3ccccc3-c3ccccc34)c3ccccc3-c3ccccc31)c1cccc3c4c5c(c(C#N)cc4n2c31)C1(CC52c3ccccc3-c3ccccc32)c2ccccc2-c2ccccc21. The van der Waals surface area contributed by atoms with E-state index in [-0.39, 0.29) is 0 Å². The minimum atomic E-state index is -0.629. The molecule has 0 N–H and O–H groups in total. The summed E-state index contributed by atoms with van der Waals surface area (Å²) in [7, 11) is 0. The summed E-state index contributed by atoms with van der Waals surface area (Å²) in [6.45, 7) is 9.47. The molecule has 0 fully saturated rings. The van der Waals surface area contributed by atoms with E-state index in [1.165, 1.54) is 122 Å². The summed E-state index contributed by atoms with van der Waals surface area (Å²) in [5, 5.41) is 16.8. The van der Waals surface area contributed by atoms with Gasteiger partial charge in [0, 0.05) is 48.7 Å². The van der Waals surface area contributed by atoms with Crippen LogP contribution in [-0.4, -0.2) is 4.40 Å². The van der Waals surface area contributed by atoms with Crippen LogP contribution in [0.1, 0.15) is 85.2 Å². The zero-order valence-electron chi connectivity index (χ0n) is 41.6. The Balaban J connectivity index is 1.04. The lowest BCUT2D eigenvalue weighted by Crippen LogP contribution is -2.30. The fraction of sp³-hybridized carbons (Fsp3) is 0.0811. The van der Waals surface area contributed by atoms with Crippen molar-refractivity contribution in [1.82, 2.24) is 4.40 Å². The largest absolute Gasteiger partial charge is 0.309 e. The second-order valence-electron chi connectivity index (χ2n) is 22.7. The van der Waals surface area contributed by atoms with Crippen molar-refractivity contribution in [3.8, 4) is 50.6 Å². The topological polar surface area (TPSA) is 32.6 Å². The molecule has 13 aromatic rings. The van der Waals surface area contributed by atoms with Gasteiger partial charge in [-0.05, 0) is 136 Å². The standard InChI is InChI=1S/C74H41N3/c1-76-61-38-63-65(69-67(61)72(55-31-12-4-21-45(55)46-22-5-13-32-56(46)72)41-74(69)59-35-16-8-25-49(59)50-26-9-17-36-60(50)74)52-28-18-27-51-64-62(77(63)70(51)52)37-42(39-75)66-68(64)73(57-33-14-6-23-47(57)48-24-7-15-34-58(48)73)40-71(66)53-29-10-2-19-43(53)44-20-3-11-30-54(44)71/h2-38H,40-41H2. The molecule has 77 heavy (non-hydrogen) atoms. The molecule has 0 saturated carbocycles. The van der Waals surface area contributed by atoms with E-state index >= 15 is 0 Å². The van der Waals surface area contributed by atoms with E-state index in [9.17, 15) is 11.8 Å². The van der Waals surface area contributed by atoms with Crippen LogP contribution in [0, 0.1) is 17.9 Å². The molecule has 6 aliphatic rings. The van der Waals surface area contributed by atoms with Gasteiger partial charge in [-0.3, -0.25) is 0 Å². The quantitative estimate of drug-likeness (QED) is 0.139. The third-order valence-corrected chi connectivity index (χ3v) is 20.1. The molecular formula is C74H41N3. The van der Waals surface area contributed by atoms with Crippen LogP contribution in [0.25, 0.3) is 87.4 Å². The minimum absolute atomic E-state index is 0.615. The van der Waals surface area contributed by atoms with Gasteiger partial charge in [-0.2, -0.15) is 5.26 Å². The van der Waals surface area contributed by atoms with Gasteiger partial charge in [-0.1, -0.05) is 212 Å². The second-order valence-corrected chi connectivity index (χ2v) is 22.7. The lowest BCUT2D eigenvalue weighted by Gasteiger charge is -2.34. The van der Waals surface area contributed by atoms with E-state index in [0.29, 0.717) is 11.3 Å². The third-order valence-electron chi connectivity index (χ3n) is 20.1. The molecular weight excluding hydrogens is 931 g/mol. The molecule has 3 nitrogen and oxygen atoms in total. The molecule has 2 aromatic heterocycles. The Morgan fingerprint density at radius 3 is 1.00 bits per heavy atom. The Hall–Kier alpha value is -9.80. The average molecular weight is 972 g/mol. The highest BCUT2D eigenvalue weighted by Gasteiger charge is 2.65. The zero-order valence-corrected chi connectivity index (χ0v) is 41.6. The number of para-hydroxylation sites is 1. The first kappa shape index (κ1) is 40.6. The minimum Gasteiger partial charge on any atom is -0.309 e. The molecule has 0 amide bonds. The van der Waals surface area contributed by atoms with E-state index in [1.54, 1.807) is 0 Å². The van der Waals surface area contributed by atoms with E-state index in [2.05, 4.69) is 235 Å². The Morgan fingerprint density at radius 2 is 0.662 bits per heavy atom. The summed E-state index contributed by atoms with van der Waals surface area (Å²) in [6, 6.07) is 86.8. The number of hydrogen-bond acceptors (Lipinski definition) is 1. The van der Waals surface area contributed by atoms with Crippen LogP contribution >= 0.6 is 0 Å². The van der Waals surface area contributed by atoms with Crippen molar-refractivity contribution in [1.29, 1.82) is 5.26 Å². The number of benzene rings is 11. The monoisotopic (exact) mass is 971 g/mol. The number of fused-ring (bicyclic) bond motifs is 34. The van der Waals surface area contributed by atoms with Gasteiger partial charge in [0.05, 0.1) is 29.2 Å². The van der Waals surface area contributed by atoms with E-state index < -0.39 is 21.7 Å². The Morgan fingerprint density at radius 1 is 0.364 bits per heavy atom. The summed E-state index contributed by atoms with van der Waals surface area (Å²) >= 11 is 0. The predicted molar refractivity (Wildman–Crippen MR) is 308 cm³/mol. The second kappa shape index (κ2) is 13.3. The molecule has 0 radical (unpaired) electrons. The summed E-state index contributed by atoms with van der Waals surface area (Å²) < 4.78 is 2.50. The zero-order chi connectivity index (χ0) is 50.3. The average Bonchev–Trinajstić information content (AvgIpc) is 3.87. The number of rotatable bonds is 0. The molecule has 0 saturated heterocycles. The Labute approximate surface area is 444 Å². The number of nitriles is 1. The predicted octanol–water partition coefficient (Wildman–Crippen LogP) is 17.3. The van der Waals surface area contributed by atoms with Crippen LogP contribution in [0.2, 0.25) is 0 Å². The summed E-state index contributed by atoms with van der Waals surface area (Å²) in [6.07, 6.45) is 1.50. The molecule has 0 bridgehead atoms. The summed E-state index contributed by atoms with van der Waals surface area (Å²) in [5.74, 6) is 0. The van der Waals surface area contributed by atoms with Crippen molar-refractivity contribution in [2.75, 3.05) is 0 Å². The lowest BCUT2D eigenvalue weighted by molar-refractivity contribution is 0.515. The molecule has 3 heteroatoms. The third kappa shape index (κ3) is 4.16. The van der Waals surface area contributed by atoms with Crippen molar-refractivity contribution in [2.24, 2.45) is 0 Å². The van der Waals surface area contributed by atoms with Gasteiger partial charge >= 0.3 is 0 Å². The maximum absolute atomic E-state index is 12.1. The Kier molecular flexibility index (Phi) is 7.03. The van der Waals surface area contributed by atoms with Crippen LogP contribution in [0.5, 0.6) is 0 Å². The van der Waals surface area contributed by atoms with Crippen molar-refractivity contribution in [3.05, 3.63) is 308 Å². The van der Waals surface area contributed by atoms with Crippen LogP contribution in [-0.2, 0) is 21.7 Å². The van der Waals surface area contributed by atoms with Gasteiger partial charge in [-0.25, -0.2) is 4.85 Å². The summed E-state index contributed by atoms with van der Waals surface area (Å²) in [4.78, 5) is 4.72. The van der Waals surface area contributed by atoms with Crippen LogP contribution in [0.15, 0.2) is 224 Å². The van der Waals surface area contributed by atoms with E-state index in [1.807, 2.05) is 0 Å². The van der Waals surface area contributed by atoms with E-state index in [4.69, 9.17) is 4.85 Å². The molecule has 2 heterocycles. The van der Waals surface area contributed by atoms with Gasteiger partial charge < -0.3 is 4.40 Å². The highest BCUT2D eigenvalue weighted by Crippen LogP contribution is 2.74. The molecule has 0 unspecified atom stereocenters. The van der Waals surface area contributed by atoms with Gasteiger partial charge in [0.2, 0.25) is 0 Å². The molecule has 0 atom stereocenters. The lowest BCUT2D eigenvalue weighted by atomic mass is 9.67. The van der Waals surface area contributed by atoms with Crippen LogP contribution in [0.4, 0.5) is 5.69 Å². The number of hydrogen-bond donors (Lipinski definition) is 0.